The van der Waals surface area contributed by atoms with Crippen molar-refractivity contribution in [1.29, 1.82) is 0 Å². The van der Waals surface area contributed by atoms with Gasteiger partial charge in [0.25, 0.3) is 5.91 Å². The van der Waals surface area contributed by atoms with E-state index >= 15 is 0 Å². The van der Waals surface area contributed by atoms with Gasteiger partial charge in [0, 0.05) is 32.2 Å². The lowest BCUT2D eigenvalue weighted by atomic mass is 10.1. The third-order valence-electron chi connectivity index (χ3n) is 5.85. The highest BCUT2D eigenvalue weighted by Gasteiger charge is 2.29. The van der Waals surface area contributed by atoms with Crippen LogP contribution < -0.4 is 5.32 Å². The van der Waals surface area contributed by atoms with E-state index in [4.69, 9.17) is 0 Å². The van der Waals surface area contributed by atoms with Gasteiger partial charge in [-0.3, -0.25) is 9.69 Å². The van der Waals surface area contributed by atoms with E-state index in [1.165, 1.54) is 25.7 Å². The number of rotatable bonds is 3. The standard InChI is InChI=1S/C17H28N6O.2ClH/c24-17(16-13-23(20-19-16)15-5-7-18-8-6-15)22-11-9-21(10-12-22)14-3-1-2-4-14;;/h13-15,18H,1-12H2;2*1H. The first-order chi connectivity index (χ1) is 11.8. The van der Waals surface area contributed by atoms with Gasteiger partial charge in [0.05, 0.1) is 12.2 Å². The molecule has 2 aliphatic heterocycles. The van der Waals surface area contributed by atoms with Crippen LogP contribution in [0.25, 0.3) is 0 Å². The molecule has 9 heteroatoms. The topological polar surface area (TPSA) is 66.3 Å². The number of halogens is 2. The second-order valence-corrected chi connectivity index (χ2v) is 7.33. The second-order valence-electron chi connectivity index (χ2n) is 7.33. The molecule has 3 fully saturated rings. The molecule has 0 aromatic carbocycles. The molecule has 1 amide bonds. The summed E-state index contributed by atoms with van der Waals surface area (Å²) in [5, 5.41) is 11.7. The van der Waals surface area contributed by atoms with Gasteiger partial charge in [-0.05, 0) is 38.8 Å². The average molecular weight is 405 g/mol. The van der Waals surface area contributed by atoms with Crippen molar-refractivity contribution in [3.05, 3.63) is 11.9 Å². The summed E-state index contributed by atoms with van der Waals surface area (Å²) in [6, 6.07) is 1.13. The summed E-state index contributed by atoms with van der Waals surface area (Å²) in [5.41, 5.74) is 0.503. The summed E-state index contributed by atoms with van der Waals surface area (Å²) in [6.45, 7) is 5.65. The maximum absolute atomic E-state index is 12.7. The Kier molecular flexibility index (Phi) is 8.13. The van der Waals surface area contributed by atoms with Crippen LogP contribution in [-0.2, 0) is 0 Å². The minimum atomic E-state index is 0. The zero-order valence-corrected chi connectivity index (χ0v) is 16.8. The highest BCUT2D eigenvalue weighted by atomic mass is 35.5. The Labute approximate surface area is 167 Å². The highest BCUT2D eigenvalue weighted by Crippen LogP contribution is 2.24. The first-order valence-corrected chi connectivity index (χ1v) is 9.47. The summed E-state index contributed by atoms with van der Waals surface area (Å²) in [7, 11) is 0. The van der Waals surface area contributed by atoms with E-state index in [2.05, 4.69) is 20.5 Å². The summed E-state index contributed by atoms with van der Waals surface area (Å²) in [5.74, 6) is 0.0428. The number of nitrogens with one attached hydrogen (secondary N) is 1. The van der Waals surface area contributed by atoms with Gasteiger partial charge in [0.1, 0.15) is 0 Å². The molecule has 0 spiro atoms. The van der Waals surface area contributed by atoms with E-state index in [0.717, 1.165) is 58.2 Å². The Morgan fingerprint density at radius 1 is 0.962 bits per heavy atom. The van der Waals surface area contributed by atoms with Crippen molar-refractivity contribution in [3.63, 3.8) is 0 Å². The van der Waals surface area contributed by atoms with E-state index in [0.29, 0.717) is 11.7 Å². The molecule has 3 heterocycles. The molecule has 1 saturated carbocycles. The van der Waals surface area contributed by atoms with Crippen LogP contribution in [0.4, 0.5) is 0 Å². The van der Waals surface area contributed by atoms with Gasteiger partial charge in [-0.25, -0.2) is 4.68 Å². The monoisotopic (exact) mass is 404 g/mol. The minimum absolute atomic E-state index is 0. The van der Waals surface area contributed by atoms with Gasteiger partial charge in [-0.1, -0.05) is 18.1 Å². The number of nitrogens with zero attached hydrogens (tertiary/aromatic N) is 5. The Balaban J connectivity index is 0.00000121. The van der Waals surface area contributed by atoms with Crippen LogP contribution in [0.1, 0.15) is 55.1 Å². The fourth-order valence-corrected chi connectivity index (χ4v) is 4.35. The molecule has 0 unspecified atom stereocenters. The largest absolute Gasteiger partial charge is 0.335 e. The third kappa shape index (κ3) is 4.68. The average Bonchev–Trinajstić information content (AvgIpc) is 3.34. The second kappa shape index (κ2) is 9.88. The smallest absolute Gasteiger partial charge is 0.276 e. The molecule has 7 nitrogen and oxygen atoms in total. The third-order valence-corrected chi connectivity index (χ3v) is 5.85. The Bertz CT molecular complexity index is 563. The van der Waals surface area contributed by atoms with Crippen LogP contribution in [0.15, 0.2) is 6.20 Å². The molecule has 1 aliphatic carbocycles. The van der Waals surface area contributed by atoms with Gasteiger partial charge >= 0.3 is 0 Å². The van der Waals surface area contributed by atoms with E-state index in [1.807, 2.05) is 15.8 Å². The lowest BCUT2D eigenvalue weighted by molar-refractivity contribution is 0.0568. The first-order valence-electron chi connectivity index (χ1n) is 9.47. The zero-order valence-electron chi connectivity index (χ0n) is 15.2. The van der Waals surface area contributed by atoms with E-state index in [-0.39, 0.29) is 30.7 Å². The quantitative estimate of drug-likeness (QED) is 0.830. The van der Waals surface area contributed by atoms with Crippen molar-refractivity contribution in [3.8, 4) is 0 Å². The molecule has 0 bridgehead atoms. The molecule has 2 saturated heterocycles. The van der Waals surface area contributed by atoms with Gasteiger partial charge in [0.15, 0.2) is 5.69 Å². The molecular weight excluding hydrogens is 375 g/mol. The maximum Gasteiger partial charge on any atom is 0.276 e. The molecule has 1 aromatic heterocycles. The van der Waals surface area contributed by atoms with Crippen LogP contribution in [0.2, 0.25) is 0 Å². The van der Waals surface area contributed by atoms with Crippen LogP contribution in [-0.4, -0.2) is 76.0 Å². The van der Waals surface area contributed by atoms with E-state index < -0.39 is 0 Å². The van der Waals surface area contributed by atoms with Gasteiger partial charge in [-0.15, -0.1) is 29.9 Å². The number of hydrogen-bond acceptors (Lipinski definition) is 5. The zero-order chi connectivity index (χ0) is 16.4. The van der Waals surface area contributed by atoms with Crippen molar-refractivity contribution >= 4 is 30.7 Å². The SMILES string of the molecule is Cl.Cl.O=C(c1cn(C2CCNCC2)nn1)N1CCN(C2CCCC2)CC1. The predicted molar refractivity (Wildman–Crippen MR) is 105 cm³/mol. The lowest BCUT2D eigenvalue weighted by Gasteiger charge is -2.37. The number of carbonyl (C=O) groups is 1. The fraction of sp³-hybridized carbons (Fsp3) is 0.824. The van der Waals surface area contributed by atoms with Crippen LogP contribution in [0.5, 0.6) is 0 Å². The predicted octanol–water partition coefficient (Wildman–Crippen LogP) is 1.75. The maximum atomic E-state index is 12.7. The Hall–Kier alpha value is -0.890. The van der Waals surface area contributed by atoms with Crippen LogP contribution in [0, 0.1) is 0 Å². The van der Waals surface area contributed by atoms with Gasteiger partial charge in [-0.2, -0.15) is 0 Å². The van der Waals surface area contributed by atoms with Gasteiger partial charge < -0.3 is 10.2 Å². The van der Waals surface area contributed by atoms with E-state index in [9.17, 15) is 4.79 Å². The Morgan fingerprint density at radius 3 is 2.27 bits per heavy atom. The number of carbonyl (C=O) groups excluding carboxylic acids is 1. The van der Waals surface area contributed by atoms with Crippen molar-refractivity contribution in [2.45, 2.75) is 50.6 Å². The first kappa shape index (κ1) is 21.4. The molecule has 148 valence electrons. The van der Waals surface area contributed by atoms with Crippen LogP contribution >= 0.6 is 24.8 Å². The van der Waals surface area contributed by atoms with Crippen LogP contribution in [0.3, 0.4) is 0 Å². The number of piperazine rings is 1. The normalized spacial score (nSPS) is 22.7. The number of aromatic nitrogens is 3. The van der Waals surface area contributed by atoms with Crippen molar-refractivity contribution in [1.82, 2.24) is 30.1 Å². The summed E-state index contributed by atoms with van der Waals surface area (Å²) in [4.78, 5) is 17.2. The number of hydrogen-bond donors (Lipinski definition) is 1. The summed E-state index contributed by atoms with van der Waals surface area (Å²) < 4.78 is 1.89. The molecule has 1 N–H and O–H groups in total. The van der Waals surface area contributed by atoms with Crippen molar-refractivity contribution in [2.24, 2.45) is 0 Å². The Morgan fingerprint density at radius 2 is 1.62 bits per heavy atom. The highest BCUT2D eigenvalue weighted by molar-refractivity contribution is 5.92. The molecule has 0 radical (unpaired) electrons. The molecule has 0 atom stereocenters. The number of amides is 1. The molecular formula is C17H30Cl2N6O. The van der Waals surface area contributed by atoms with Gasteiger partial charge in [0.2, 0.25) is 0 Å². The molecule has 26 heavy (non-hydrogen) atoms. The lowest BCUT2D eigenvalue weighted by Crippen LogP contribution is -2.51. The molecule has 1 aromatic rings. The summed E-state index contributed by atoms with van der Waals surface area (Å²) >= 11 is 0. The molecule has 3 aliphatic rings. The van der Waals surface area contributed by atoms with Crippen molar-refractivity contribution < 1.29 is 4.79 Å². The summed E-state index contributed by atoms with van der Waals surface area (Å²) in [6.07, 6.45) is 9.35. The van der Waals surface area contributed by atoms with E-state index in [1.54, 1.807) is 0 Å². The minimum Gasteiger partial charge on any atom is -0.335 e. The fourth-order valence-electron chi connectivity index (χ4n) is 4.35. The van der Waals surface area contributed by atoms with Crippen molar-refractivity contribution in [2.75, 3.05) is 39.3 Å². The molecule has 4 rings (SSSR count). The number of piperidine rings is 1.